The lowest BCUT2D eigenvalue weighted by Gasteiger charge is -2.35. The van der Waals surface area contributed by atoms with E-state index < -0.39 is 23.5 Å². The van der Waals surface area contributed by atoms with Crippen LogP contribution in [0.25, 0.3) is 6.08 Å². The van der Waals surface area contributed by atoms with Crippen molar-refractivity contribution in [2.45, 2.75) is 70.3 Å². The molecule has 5 heteroatoms. The van der Waals surface area contributed by atoms with E-state index in [1.165, 1.54) is 0 Å². The molecule has 0 saturated carbocycles. The van der Waals surface area contributed by atoms with Crippen LogP contribution < -0.4 is 0 Å². The standard InChI is InChI=1S/C22H29NO4/c1-7-17-19(27-22(5,6)26-17)18-16(14-13-15-11-9-8-10-12-15)23(20(24)25-18)21(2,3)4/h7-14,16-19H,1H2,2-6H3/b14-13+/t16-,17-,18-,19-/m1/s1. The van der Waals surface area contributed by atoms with Gasteiger partial charge in [0, 0.05) is 5.54 Å². The second-order valence-electron chi connectivity index (χ2n) is 8.45. The van der Waals surface area contributed by atoms with Crippen LogP contribution in [0.1, 0.15) is 40.2 Å². The topological polar surface area (TPSA) is 48.0 Å². The molecule has 2 heterocycles. The van der Waals surface area contributed by atoms with Crippen molar-refractivity contribution in [2.24, 2.45) is 0 Å². The molecule has 2 saturated heterocycles. The van der Waals surface area contributed by atoms with Gasteiger partial charge in [0.25, 0.3) is 0 Å². The second kappa shape index (κ2) is 7.13. The van der Waals surface area contributed by atoms with Crippen LogP contribution in [0.2, 0.25) is 0 Å². The zero-order valence-electron chi connectivity index (χ0n) is 16.7. The highest BCUT2D eigenvalue weighted by atomic mass is 16.8. The molecule has 0 aliphatic carbocycles. The van der Waals surface area contributed by atoms with Crippen LogP contribution in [-0.2, 0) is 14.2 Å². The van der Waals surface area contributed by atoms with E-state index in [-0.39, 0.29) is 18.2 Å². The summed E-state index contributed by atoms with van der Waals surface area (Å²) in [5.74, 6) is -0.751. The molecule has 0 bridgehead atoms. The molecular formula is C22H29NO4. The van der Waals surface area contributed by atoms with Crippen molar-refractivity contribution in [3.8, 4) is 0 Å². The molecule has 4 atom stereocenters. The van der Waals surface area contributed by atoms with Crippen LogP contribution in [0, 0.1) is 0 Å². The van der Waals surface area contributed by atoms with E-state index in [1.54, 1.807) is 11.0 Å². The Hall–Kier alpha value is -2.11. The maximum atomic E-state index is 12.7. The first-order valence-electron chi connectivity index (χ1n) is 9.34. The summed E-state index contributed by atoms with van der Waals surface area (Å²) in [5, 5.41) is 0. The summed E-state index contributed by atoms with van der Waals surface area (Å²) in [5.41, 5.74) is 0.671. The molecule has 1 aromatic carbocycles. The van der Waals surface area contributed by atoms with Gasteiger partial charge in [-0.3, -0.25) is 4.90 Å². The van der Waals surface area contributed by atoms with E-state index >= 15 is 0 Å². The Kier molecular flexibility index (Phi) is 5.19. The van der Waals surface area contributed by atoms with E-state index in [1.807, 2.05) is 77.1 Å². The average molecular weight is 371 g/mol. The Labute approximate surface area is 161 Å². The number of cyclic esters (lactones) is 1. The van der Waals surface area contributed by atoms with E-state index in [0.29, 0.717) is 0 Å². The molecule has 0 N–H and O–H groups in total. The normalized spacial score (nSPS) is 30.7. The first kappa shape index (κ1) is 19.6. The number of carbonyl (C=O) groups is 1. The molecule has 0 aromatic heterocycles. The van der Waals surface area contributed by atoms with Crippen LogP contribution in [-0.4, -0.2) is 46.7 Å². The van der Waals surface area contributed by atoms with Gasteiger partial charge in [0.2, 0.25) is 0 Å². The van der Waals surface area contributed by atoms with E-state index in [9.17, 15) is 4.79 Å². The Bertz CT molecular complexity index is 720. The third kappa shape index (κ3) is 4.09. The van der Waals surface area contributed by atoms with Crippen LogP contribution in [0.3, 0.4) is 0 Å². The monoisotopic (exact) mass is 371 g/mol. The number of hydrogen-bond acceptors (Lipinski definition) is 4. The minimum atomic E-state index is -0.751. The first-order chi connectivity index (χ1) is 12.6. The van der Waals surface area contributed by atoms with Gasteiger partial charge >= 0.3 is 6.09 Å². The minimum absolute atomic E-state index is 0.275. The molecule has 0 radical (unpaired) electrons. The van der Waals surface area contributed by atoms with Gasteiger partial charge in [-0.05, 0) is 40.2 Å². The number of amides is 1. The summed E-state index contributed by atoms with van der Waals surface area (Å²) >= 11 is 0. The Morgan fingerprint density at radius 3 is 2.37 bits per heavy atom. The van der Waals surface area contributed by atoms with Crippen molar-refractivity contribution in [3.05, 3.63) is 54.6 Å². The summed E-state index contributed by atoms with van der Waals surface area (Å²) in [6.45, 7) is 13.6. The van der Waals surface area contributed by atoms with Crippen molar-refractivity contribution in [2.75, 3.05) is 0 Å². The molecule has 146 valence electrons. The van der Waals surface area contributed by atoms with Gasteiger partial charge in [0.15, 0.2) is 11.9 Å². The zero-order valence-corrected chi connectivity index (χ0v) is 16.7. The molecule has 1 amide bonds. The van der Waals surface area contributed by atoms with E-state index in [0.717, 1.165) is 5.56 Å². The molecule has 3 rings (SSSR count). The highest BCUT2D eigenvalue weighted by Crippen LogP contribution is 2.38. The van der Waals surface area contributed by atoms with Gasteiger partial charge in [-0.25, -0.2) is 4.79 Å². The summed E-state index contributed by atoms with van der Waals surface area (Å²) < 4.78 is 17.8. The van der Waals surface area contributed by atoms with E-state index in [4.69, 9.17) is 14.2 Å². The number of carbonyl (C=O) groups excluding carboxylic acids is 1. The van der Waals surface area contributed by atoms with Crippen molar-refractivity contribution < 1.29 is 19.0 Å². The smallest absolute Gasteiger partial charge is 0.411 e. The second-order valence-corrected chi connectivity index (χ2v) is 8.45. The molecule has 2 aliphatic heterocycles. The molecule has 2 fully saturated rings. The van der Waals surface area contributed by atoms with Gasteiger partial charge in [0.05, 0.1) is 6.04 Å². The third-order valence-electron chi connectivity index (χ3n) is 4.80. The Balaban J connectivity index is 1.95. The lowest BCUT2D eigenvalue weighted by molar-refractivity contribution is -0.152. The SMILES string of the molecule is C=C[C@H]1OC(C)(C)O[C@H]1[C@@H]1OC(=O)N(C(C)(C)C)[C@@H]1/C=C/c1ccccc1. The number of benzene rings is 1. The number of hydrogen-bond donors (Lipinski definition) is 0. The summed E-state index contributed by atoms with van der Waals surface area (Å²) in [6.07, 6.45) is 4.16. The van der Waals surface area contributed by atoms with Crippen molar-refractivity contribution in [1.29, 1.82) is 0 Å². The van der Waals surface area contributed by atoms with E-state index in [2.05, 4.69) is 6.58 Å². The Morgan fingerprint density at radius 1 is 1.11 bits per heavy atom. The quantitative estimate of drug-likeness (QED) is 0.737. The van der Waals surface area contributed by atoms with Gasteiger partial charge in [0.1, 0.15) is 12.2 Å². The lowest BCUT2D eigenvalue weighted by Crippen LogP contribution is -2.50. The summed E-state index contributed by atoms with van der Waals surface area (Å²) in [7, 11) is 0. The van der Waals surface area contributed by atoms with Crippen LogP contribution in [0.5, 0.6) is 0 Å². The predicted octanol–water partition coefficient (Wildman–Crippen LogP) is 4.39. The predicted molar refractivity (Wildman–Crippen MR) is 105 cm³/mol. The van der Waals surface area contributed by atoms with Gasteiger partial charge < -0.3 is 14.2 Å². The molecular weight excluding hydrogens is 342 g/mol. The first-order valence-corrected chi connectivity index (χ1v) is 9.34. The fourth-order valence-corrected chi connectivity index (χ4v) is 3.72. The molecule has 0 spiro atoms. The highest BCUT2D eigenvalue weighted by molar-refractivity contribution is 5.73. The molecule has 2 aliphatic rings. The lowest BCUT2D eigenvalue weighted by atomic mass is 9.96. The third-order valence-corrected chi connectivity index (χ3v) is 4.80. The zero-order chi connectivity index (χ0) is 19.8. The number of nitrogens with zero attached hydrogens (tertiary/aromatic N) is 1. The summed E-state index contributed by atoms with van der Waals surface area (Å²) in [4.78, 5) is 14.5. The van der Waals surface area contributed by atoms with Gasteiger partial charge in [-0.1, -0.05) is 48.6 Å². The van der Waals surface area contributed by atoms with Crippen molar-refractivity contribution in [1.82, 2.24) is 4.90 Å². The molecule has 5 nitrogen and oxygen atoms in total. The van der Waals surface area contributed by atoms with Crippen molar-refractivity contribution in [3.63, 3.8) is 0 Å². The maximum Gasteiger partial charge on any atom is 0.411 e. The highest BCUT2D eigenvalue weighted by Gasteiger charge is 2.54. The van der Waals surface area contributed by atoms with Crippen LogP contribution >= 0.6 is 0 Å². The minimum Gasteiger partial charge on any atom is -0.441 e. The van der Waals surface area contributed by atoms with Gasteiger partial charge in [-0.2, -0.15) is 0 Å². The van der Waals surface area contributed by atoms with Gasteiger partial charge in [-0.15, -0.1) is 6.58 Å². The van der Waals surface area contributed by atoms with Crippen molar-refractivity contribution >= 4 is 12.2 Å². The molecule has 27 heavy (non-hydrogen) atoms. The largest absolute Gasteiger partial charge is 0.441 e. The fraction of sp³-hybridized carbons (Fsp3) is 0.500. The fourth-order valence-electron chi connectivity index (χ4n) is 3.72. The number of ether oxygens (including phenoxy) is 3. The van der Waals surface area contributed by atoms with Crippen LogP contribution in [0.4, 0.5) is 4.79 Å². The summed E-state index contributed by atoms with van der Waals surface area (Å²) in [6, 6.07) is 9.72. The maximum absolute atomic E-state index is 12.7. The number of rotatable bonds is 4. The molecule has 1 aromatic rings. The molecule has 0 unspecified atom stereocenters. The average Bonchev–Trinajstić information content (AvgIpc) is 3.09. The van der Waals surface area contributed by atoms with Crippen LogP contribution in [0.15, 0.2) is 49.1 Å². The Morgan fingerprint density at radius 2 is 1.78 bits per heavy atom.